The third kappa shape index (κ3) is 5.30. The molecular weight excluding hydrogens is 426 g/mol. The maximum atomic E-state index is 13.0. The number of ether oxygens (including phenoxy) is 1. The zero-order valence-electron chi connectivity index (χ0n) is 17.8. The largest absolute Gasteiger partial charge is 0.464 e. The van der Waals surface area contributed by atoms with Gasteiger partial charge in [-0.25, -0.2) is 9.48 Å². The summed E-state index contributed by atoms with van der Waals surface area (Å²) in [6.45, 7) is 1.77. The number of aromatic nitrogens is 3. The van der Waals surface area contributed by atoms with E-state index in [4.69, 9.17) is 4.74 Å². The van der Waals surface area contributed by atoms with Crippen LogP contribution < -0.4 is 5.32 Å². The smallest absolute Gasteiger partial charge is 0.360 e. The van der Waals surface area contributed by atoms with Crippen molar-refractivity contribution in [3.63, 3.8) is 0 Å². The van der Waals surface area contributed by atoms with Crippen molar-refractivity contribution in [3.8, 4) is 0 Å². The number of rotatable bonds is 8. The SMILES string of the molecule is COC(=O)c1cn([C@@H]2C[C@@H](C(=O)NCc3cccs3)N(C/C=C/c3ccccc3)C2)nn1. The van der Waals surface area contributed by atoms with Gasteiger partial charge in [0.15, 0.2) is 5.69 Å². The number of nitrogens with zero attached hydrogens (tertiary/aromatic N) is 4. The van der Waals surface area contributed by atoms with Crippen LogP contribution in [0.15, 0.2) is 60.1 Å². The predicted octanol–water partition coefficient (Wildman–Crippen LogP) is 2.77. The van der Waals surface area contributed by atoms with Crippen molar-refractivity contribution in [2.75, 3.05) is 20.2 Å². The topological polar surface area (TPSA) is 89.4 Å². The van der Waals surface area contributed by atoms with Crippen LogP contribution in [-0.4, -0.2) is 58.0 Å². The lowest BCUT2D eigenvalue weighted by Crippen LogP contribution is -2.42. The normalized spacial score (nSPS) is 18.8. The molecule has 0 bridgehead atoms. The predicted molar refractivity (Wildman–Crippen MR) is 122 cm³/mol. The summed E-state index contributed by atoms with van der Waals surface area (Å²) in [5.41, 5.74) is 1.27. The van der Waals surface area contributed by atoms with E-state index in [0.29, 0.717) is 26.1 Å². The Labute approximate surface area is 190 Å². The van der Waals surface area contributed by atoms with E-state index in [1.165, 1.54) is 7.11 Å². The minimum Gasteiger partial charge on any atom is -0.464 e. The highest BCUT2D eigenvalue weighted by atomic mass is 32.1. The lowest BCUT2D eigenvalue weighted by Gasteiger charge is -2.21. The van der Waals surface area contributed by atoms with Gasteiger partial charge < -0.3 is 10.1 Å². The summed E-state index contributed by atoms with van der Waals surface area (Å²) < 4.78 is 6.38. The molecule has 0 saturated carbocycles. The molecule has 0 unspecified atom stereocenters. The summed E-state index contributed by atoms with van der Waals surface area (Å²) >= 11 is 1.62. The molecule has 0 spiro atoms. The quantitative estimate of drug-likeness (QED) is 0.530. The average Bonchev–Trinajstić information content (AvgIpc) is 3.58. The van der Waals surface area contributed by atoms with Crippen molar-refractivity contribution >= 4 is 29.3 Å². The molecule has 1 aliphatic heterocycles. The molecule has 0 aliphatic carbocycles. The molecule has 32 heavy (non-hydrogen) atoms. The van der Waals surface area contributed by atoms with Gasteiger partial charge in [-0.15, -0.1) is 16.4 Å². The maximum absolute atomic E-state index is 13.0. The second-order valence-corrected chi connectivity index (χ2v) is 8.58. The van der Waals surface area contributed by atoms with E-state index in [2.05, 4.69) is 32.7 Å². The lowest BCUT2D eigenvalue weighted by molar-refractivity contribution is -0.125. The number of benzene rings is 1. The van der Waals surface area contributed by atoms with Crippen molar-refractivity contribution in [2.45, 2.75) is 25.0 Å². The van der Waals surface area contributed by atoms with E-state index in [1.54, 1.807) is 22.2 Å². The summed E-state index contributed by atoms with van der Waals surface area (Å²) in [5.74, 6) is -0.538. The Hall–Kier alpha value is -3.30. The number of amides is 1. The van der Waals surface area contributed by atoms with Gasteiger partial charge in [0.25, 0.3) is 0 Å². The van der Waals surface area contributed by atoms with Crippen LogP contribution in [0.3, 0.4) is 0 Å². The first-order chi connectivity index (χ1) is 15.6. The highest BCUT2D eigenvalue weighted by molar-refractivity contribution is 7.09. The molecule has 1 N–H and O–H groups in total. The number of hydrogen-bond donors (Lipinski definition) is 1. The van der Waals surface area contributed by atoms with E-state index in [-0.39, 0.29) is 23.7 Å². The zero-order chi connectivity index (χ0) is 22.3. The fraction of sp³-hybridized carbons (Fsp3) is 0.304. The van der Waals surface area contributed by atoms with Crippen LogP contribution >= 0.6 is 11.3 Å². The Morgan fingerprint density at radius 1 is 1.25 bits per heavy atom. The van der Waals surface area contributed by atoms with Gasteiger partial charge in [0, 0.05) is 18.0 Å². The molecule has 1 aliphatic rings. The molecule has 4 rings (SSSR count). The molecule has 1 amide bonds. The molecule has 3 heterocycles. The number of esters is 1. The van der Waals surface area contributed by atoms with Crippen LogP contribution in [0.2, 0.25) is 0 Å². The molecule has 2 aromatic heterocycles. The number of likely N-dealkylation sites (tertiary alicyclic amines) is 1. The summed E-state index contributed by atoms with van der Waals surface area (Å²) in [4.78, 5) is 28.0. The Balaban J connectivity index is 1.46. The fourth-order valence-electron chi connectivity index (χ4n) is 3.79. The summed E-state index contributed by atoms with van der Waals surface area (Å²) in [5, 5.41) is 13.1. The molecule has 166 valence electrons. The average molecular weight is 452 g/mol. The van der Waals surface area contributed by atoms with Gasteiger partial charge in [-0.3, -0.25) is 9.69 Å². The van der Waals surface area contributed by atoms with Crippen molar-refractivity contribution in [2.24, 2.45) is 0 Å². The highest BCUT2D eigenvalue weighted by Gasteiger charge is 2.37. The molecule has 1 aromatic carbocycles. The number of carbonyl (C=O) groups is 2. The molecule has 2 atom stereocenters. The molecule has 1 fully saturated rings. The molecule has 9 heteroatoms. The minimum atomic E-state index is -0.526. The summed E-state index contributed by atoms with van der Waals surface area (Å²) in [7, 11) is 1.31. The first-order valence-electron chi connectivity index (χ1n) is 10.4. The maximum Gasteiger partial charge on any atom is 0.360 e. The number of thiophene rings is 1. The third-order valence-electron chi connectivity index (χ3n) is 5.43. The molecular formula is C23H25N5O3S. The van der Waals surface area contributed by atoms with Gasteiger partial charge in [0.2, 0.25) is 5.91 Å². The van der Waals surface area contributed by atoms with Crippen molar-refractivity contribution in [3.05, 3.63) is 76.3 Å². The van der Waals surface area contributed by atoms with E-state index in [0.717, 1.165) is 10.4 Å². The monoisotopic (exact) mass is 451 g/mol. The Morgan fingerprint density at radius 3 is 2.84 bits per heavy atom. The van der Waals surface area contributed by atoms with Crippen LogP contribution in [0.5, 0.6) is 0 Å². The summed E-state index contributed by atoms with van der Waals surface area (Å²) in [6, 6.07) is 13.7. The second-order valence-electron chi connectivity index (χ2n) is 7.54. The Morgan fingerprint density at radius 2 is 2.09 bits per heavy atom. The molecule has 8 nitrogen and oxygen atoms in total. The first kappa shape index (κ1) is 21.9. The van der Waals surface area contributed by atoms with Crippen LogP contribution in [0.1, 0.15) is 33.4 Å². The number of carbonyl (C=O) groups excluding carboxylic acids is 2. The lowest BCUT2D eigenvalue weighted by atomic mass is 10.1. The first-order valence-corrected chi connectivity index (χ1v) is 11.3. The molecule has 1 saturated heterocycles. The number of methoxy groups -OCH3 is 1. The van der Waals surface area contributed by atoms with Crippen LogP contribution in [0.25, 0.3) is 6.08 Å². The Bertz CT molecular complexity index is 1060. The van der Waals surface area contributed by atoms with E-state index in [1.807, 2.05) is 47.8 Å². The standard InChI is InChI=1S/C23H25N5O3S/c1-31-23(30)20-16-28(26-25-20)18-13-21(22(29)24-14-19-10-6-12-32-19)27(15-18)11-5-9-17-7-3-2-4-8-17/h2-10,12,16,18,21H,11,13-15H2,1H3,(H,24,29)/b9-5+/t18-,21+/m1/s1. The fourth-order valence-corrected chi connectivity index (χ4v) is 4.44. The van der Waals surface area contributed by atoms with E-state index < -0.39 is 5.97 Å². The van der Waals surface area contributed by atoms with Gasteiger partial charge in [-0.2, -0.15) is 0 Å². The number of nitrogens with one attached hydrogen (secondary N) is 1. The van der Waals surface area contributed by atoms with Gasteiger partial charge in [-0.1, -0.05) is 53.8 Å². The van der Waals surface area contributed by atoms with Gasteiger partial charge >= 0.3 is 5.97 Å². The minimum absolute atomic E-state index is 0.0117. The van der Waals surface area contributed by atoms with Crippen LogP contribution in [0.4, 0.5) is 0 Å². The summed E-state index contributed by atoms with van der Waals surface area (Å²) in [6.07, 6.45) is 6.29. The highest BCUT2D eigenvalue weighted by Crippen LogP contribution is 2.27. The number of hydrogen-bond acceptors (Lipinski definition) is 7. The van der Waals surface area contributed by atoms with E-state index >= 15 is 0 Å². The van der Waals surface area contributed by atoms with E-state index in [9.17, 15) is 9.59 Å². The Kier molecular flexibility index (Phi) is 7.08. The van der Waals surface area contributed by atoms with Gasteiger partial charge in [0.1, 0.15) is 0 Å². The van der Waals surface area contributed by atoms with Crippen LogP contribution in [-0.2, 0) is 16.1 Å². The molecule has 3 aromatic rings. The zero-order valence-corrected chi connectivity index (χ0v) is 18.6. The van der Waals surface area contributed by atoms with Gasteiger partial charge in [-0.05, 0) is 23.4 Å². The second kappa shape index (κ2) is 10.3. The molecule has 0 radical (unpaired) electrons. The third-order valence-corrected chi connectivity index (χ3v) is 6.31. The van der Waals surface area contributed by atoms with Crippen molar-refractivity contribution < 1.29 is 14.3 Å². The van der Waals surface area contributed by atoms with Crippen LogP contribution in [0, 0.1) is 0 Å². The van der Waals surface area contributed by atoms with Gasteiger partial charge in [0.05, 0.1) is 31.9 Å². The van der Waals surface area contributed by atoms with Crippen molar-refractivity contribution in [1.82, 2.24) is 25.2 Å². The van der Waals surface area contributed by atoms with Crippen molar-refractivity contribution in [1.29, 1.82) is 0 Å².